The average molecular weight is 758 g/mol. The van der Waals surface area contributed by atoms with Crippen LogP contribution >= 0.6 is 45.2 Å². The summed E-state index contributed by atoms with van der Waals surface area (Å²) in [6.45, 7) is -0.365. The van der Waals surface area contributed by atoms with Gasteiger partial charge in [0.15, 0.2) is 0 Å². The van der Waals surface area contributed by atoms with Crippen LogP contribution in [0.3, 0.4) is 0 Å². The number of esters is 2. The Labute approximate surface area is 232 Å². The number of aliphatic hydroxyl groups is 1. The van der Waals surface area contributed by atoms with Gasteiger partial charge in [0.2, 0.25) is 6.10 Å². The minimum atomic E-state index is -5.20. The molecule has 3 atom stereocenters. The van der Waals surface area contributed by atoms with Gasteiger partial charge in [-0.2, -0.15) is 21.6 Å². The highest BCUT2D eigenvalue weighted by molar-refractivity contribution is 14.1. The number of benzene rings is 1. The molecule has 0 aromatic heterocycles. The van der Waals surface area contributed by atoms with E-state index in [1.54, 1.807) is 12.1 Å². The SMILES string of the molecule is O=C(Oc1c(I)cc(I)cc1CO)C12CC3CC(C1)CC(C(=O)OC(CS(=O)(=O)O)C(F)(F)F)(C3)C2. The monoisotopic (exact) mass is 758 g/mol. The molecule has 0 saturated heterocycles. The Morgan fingerprint density at radius 3 is 2.14 bits per heavy atom. The van der Waals surface area contributed by atoms with Crippen LogP contribution in [0.15, 0.2) is 12.1 Å². The van der Waals surface area contributed by atoms with Crippen molar-refractivity contribution in [2.45, 2.75) is 57.4 Å². The molecular formula is C22H23F3I2O8S. The molecule has 3 unspecified atom stereocenters. The van der Waals surface area contributed by atoms with Crippen LogP contribution in [0.25, 0.3) is 0 Å². The van der Waals surface area contributed by atoms with E-state index in [0.29, 0.717) is 22.0 Å². The molecule has 36 heavy (non-hydrogen) atoms. The van der Waals surface area contributed by atoms with Crippen molar-refractivity contribution in [3.05, 3.63) is 24.8 Å². The first-order valence-corrected chi connectivity index (χ1v) is 14.9. The molecule has 0 amide bonds. The maximum Gasteiger partial charge on any atom is 0.426 e. The van der Waals surface area contributed by atoms with Crippen LogP contribution in [0.5, 0.6) is 5.75 Å². The van der Waals surface area contributed by atoms with Gasteiger partial charge in [0, 0.05) is 9.13 Å². The van der Waals surface area contributed by atoms with E-state index in [9.17, 15) is 36.3 Å². The third-order valence-electron chi connectivity index (χ3n) is 7.35. The van der Waals surface area contributed by atoms with E-state index in [-0.39, 0.29) is 43.5 Å². The summed E-state index contributed by atoms with van der Waals surface area (Å²) < 4.78 is 83.3. The van der Waals surface area contributed by atoms with Crippen LogP contribution in [0.1, 0.15) is 44.1 Å². The summed E-state index contributed by atoms with van der Waals surface area (Å²) in [5, 5.41) is 9.75. The zero-order valence-electron chi connectivity index (χ0n) is 18.7. The molecule has 0 heterocycles. The van der Waals surface area contributed by atoms with Crippen molar-refractivity contribution in [1.29, 1.82) is 0 Å². The second-order valence-corrected chi connectivity index (χ2v) is 14.0. The van der Waals surface area contributed by atoms with Crippen LogP contribution in [-0.2, 0) is 31.1 Å². The van der Waals surface area contributed by atoms with Gasteiger partial charge in [-0.1, -0.05) is 0 Å². The Hall–Kier alpha value is -0.720. The lowest BCUT2D eigenvalue weighted by Crippen LogP contribution is -2.59. The summed E-state index contributed by atoms with van der Waals surface area (Å²) in [7, 11) is -5.08. The first kappa shape index (κ1) is 28.3. The molecule has 0 aliphatic heterocycles. The standard InChI is InChI=1S/C22H23F3I2O8S/c23-22(24,25)16(9-36(31,32)33)34-18(29)20-4-11-1-12(5-20)7-21(6-11,10-20)19(30)35-17-13(8-28)2-14(26)3-15(17)27/h2-3,11-12,16,28H,1,4-10H2,(H,31,32,33). The largest absolute Gasteiger partial charge is 0.451 e. The number of carbonyl (C=O) groups is 2. The molecule has 14 heteroatoms. The summed E-state index contributed by atoms with van der Waals surface area (Å²) in [6.07, 6.45) is -6.27. The van der Waals surface area contributed by atoms with Crippen LogP contribution in [0.2, 0.25) is 0 Å². The van der Waals surface area contributed by atoms with E-state index in [1.165, 1.54) is 0 Å². The highest BCUT2D eigenvalue weighted by atomic mass is 127. The van der Waals surface area contributed by atoms with E-state index in [2.05, 4.69) is 22.6 Å². The van der Waals surface area contributed by atoms with Gasteiger partial charge in [0.25, 0.3) is 10.1 Å². The van der Waals surface area contributed by atoms with E-state index in [0.717, 1.165) is 9.99 Å². The van der Waals surface area contributed by atoms with Gasteiger partial charge in [-0.05, 0) is 108 Å². The molecule has 4 aliphatic carbocycles. The molecule has 200 valence electrons. The summed E-state index contributed by atoms with van der Waals surface area (Å²) in [5.74, 6) is -3.61. The van der Waals surface area contributed by atoms with Crippen molar-refractivity contribution in [2.75, 3.05) is 5.75 Å². The molecule has 0 radical (unpaired) electrons. The maximum atomic E-state index is 13.6. The van der Waals surface area contributed by atoms with E-state index in [1.807, 2.05) is 22.6 Å². The highest BCUT2D eigenvalue weighted by Gasteiger charge is 2.65. The number of aliphatic hydroxyl groups excluding tert-OH is 1. The molecule has 4 aliphatic rings. The zero-order chi connectivity index (χ0) is 26.7. The Balaban J connectivity index is 1.61. The number of alkyl halides is 3. The van der Waals surface area contributed by atoms with Gasteiger partial charge >= 0.3 is 18.1 Å². The topological polar surface area (TPSA) is 127 Å². The van der Waals surface area contributed by atoms with Crippen molar-refractivity contribution in [2.24, 2.45) is 22.7 Å². The molecule has 4 fully saturated rings. The lowest BCUT2D eigenvalue weighted by atomic mass is 9.44. The van der Waals surface area contributed by atoms with Gasteiger partial charge in [-0.25, -0.2) is 0 Å². The Kier molecular flexibility index (Phi) is 7.69. The van der Waals surface area contributed by atoms with Crippen LogP contribution < -0.4 is 4.74 Å². The third-order valence-corrected chi connectivity index (χ3v) is 9.50. The fraction of sp³-hybridized carbons (Fsp3) is 0.636. The van der Waals surface area contributed by atoms with Gasteiger partial charge in [-0.15, -0.1) is 0 Å². The smallest absolute Gasteiger partial charge is 0.426 e. The predicted molar refractivity (Wildman–Crippen MR) is 135 cm³/mol. The quantitative estimate of drug-likeness (QED) is 0.183. The summed E-state index contributed by atoms with van der Waals surface area (Å²) in [5.41, 5.74) is -2.08. The molecule has 5 rings (SSSR count). The number of hydrogen-bond donors (Lipinski definition) is 2. The molecule has 4 bridgehead atoms. The van der Waals surface area contributed by atoms with Gasteiger partial charge in [-0.3, -0.25) is 14.1 Å². The number of rotatable bonds is 7. The predicted octanol–water partition coefficient (Wildman–Crippen LogP) is 4.24. The first-order chi connectivity index (χ1) is 16.6. The first-order valence-electron chi connectivity index (χ1n) is 11.1. The highest BCUT2D eigenvalue weighted by Crippen LogP contribution is 2.66. The molecule has 8 nitrogen and oxygen atoms in total. The molecule has 2 N–H and O–H groups in total. The Bertz CT molecular complexity index is 1170. The number of ether oxygens (including phenoxy) is 2. The van der Waals surface area contributed by atoms with Gasteiger partial charge in [0.1, 0.15) is 11.5 Å². The fourth-order valence-corrected chi connectivity index (χ4v) is 9.14. The van der Waals surface area contributed by atoms with Crippen LogP contribution in [0.4, 0.5) is 13.2 Å². The minimum Gasteiger partial charge on any atom is -0.451 e. The summed E-state index contributed by atoms with van der Waals surface area (Å²) in [4.78, 5) is 26.7. The van der Waals surface area contributed by atoms with E-state index < -0.39 is 50.9 Å². The Morgan fingerprint density at radius 2 is 1.64 bits per heavy atom. The molecule has 4 saturated carbocycles. The number of carbonyl (C=O) groups excluding carboxylic acids is 2. The molecule has 1 aromatic carbocycles. The summed E-state index contributed by atoms with van der Waals surface area (Å²) in [6, 6.07) is 3.45. The maximum absolute atomic E-state index is 13.6. The van der Waals surface area contributed by atoms with E-state index >= 15 is 0 Å². The zero-order valence-corrected chi connectivity index (χ0v) is 23.8. The number of halogens is 5. The van der Waals surface area contributed by atoms with Crippen molar-refractivity contribution in [3.63, 3.8) is 0 Å². The van der Waals surface area contributed by atoms with Crippen molar-refractivity contribution < 1.29 is 50.3 Å². The van der Waals surface area contributed by atoms with Crippen molar-refractivity contribution in [1.82, 2.24) is 0 Å². The molecule has 0 spiro atoms. The second kappa shape index (κ2) is 9.79. The van der Waals surface area contributed by atoms with Gasteiger partial charge in [0.05, 0.1) is 21.0 Å². The lowest BCUT2D eigenvalue weighted by Gasteiger charge is -2.59. The normalized spacial score (nSPS) is 30.2. The minimum absolute atomic E-state index is 0.0729. The Morgan fingerprint density at radius 1 is 1.08 bits per heavy atom. The fourth-order valence-electron chi connectivity index (χ4n) is 6.43. The van der Waals surface area contributed by atoms with E-state index in [4.69, 9.17) is 14.0 Å². The summed E-state index contributed by atoms with van der Waals surface area (Å²) >= 11 is 4.06. The molecule has 1 aromatic rings. The van der Waals surface area contributed by atoms with Crippen LogP contribution in [0, 0.1) is 29.8 Å². The third kappa shape index (κ3) is 5.66. The average Bonchev–Trinajstić information content (AvgIpc) is 2.72. The second-order valence-electron chi connectivity index (χ2n) is 10.1. The van der Waals surface area contributed by atoms with Crippen molar-refractivity contribution in [3.8, 4) is 5.75 Å². The molecular weight excluding hydrogens is 735 g/mol. The number of hydrogen-bond acceptors (Lipinski definition) is 7. The van der Waals surface area contributed by atoms with Gasteiger partial charge < -0.3 is 14.6 Å². The lowest BCUT2D eigenvalue weighted by molar-refractivity contribution is -0.230. The van der Waals surface area contributed by atoms with Crippen LogP contribution in [-0.4, -0.2) is 48.0 Å². The van der Waals surface area contributed by atoms with Crippen molar-refractivity contribution >= 4 is 67.2 Å².